The second-order valence-corrected chi connectivity index (χ2v) is 10.2. The van der Waals surface area contributed by atoms with Crippen molar-refractivity contribution in [1.82, 2.24) is 9.62 Å². The zero-order valence-electron chi connectivity index (χ0n) is 18.1. The summed E-state index contributed by atoms with van der Waals surface area (Å²) < 4.78 is 32.5. The van der Waals surface area contributed by atoms with E-state index in [0.717, 1.165) is 31.2 Å². The topological polar surface area (TPSA) is 75.7 Å². The van der Waals surface area contributed by atoms with E-state index in [2.05, 4.69) is 5.32 Å². The van der Waals surface area contributed by atoms with Gasteiger partial charge in [-0.3, -0.25) is 4.79 Å². The van der Waals surface area contributed by atoms with Crippen molar-refractivity contribution in [2.24, 2.45) is 0 Å². The average molecular weight is 445 g/mol. The number of hydrogen-bond acceptors (Lipinski definition) is 4. The lowest BCUT2D eigenvalue weighted by molar-refractivity contribution is -0.123. The van der Waals surface area contributed by atoms with Gasteiger partial charge in [0.05, 0.1) is 4.90 Å². The van der Waals surface area contributed by atoms with Crippen molar-refractivity contribution < 1.29 is 17.9 Å². The number of benzene rings is 2. The predicted molar refractivity (Wildman–Crippen MR) is 121 cm³/mol. The summed E-state index contributed by atoms with van der Waals surface area (Å²) in [7, 11) is -2.05. The fourth-order valence-corrected chi connectivity index (χ4v) is 4.99. The smallest absolute Gasteiger partial charge is 0.258 e. The summed E-state index contributed by atoms with van der Waals surface area (Å²) in [6, 6.07) is 15.9. The van der Waals surface area contributed by atoms with Crippen molar-refractivity contribution in [3.63, 3.8) is 0 Å². The zero-order valence-corrected chi connectivity index (χ0v) is 18.9. The molecule has 1 aliphatic rings. The normalized spacial score (nSPS) is 15.8. The summed E-state index contributed by atoms with van der Waals surface area (Å²) in [5.74, 6) is 0.336. The number of nitrogens with zero attached hydrogens (tertiary/aromatic N) is 1. The second kappa shape index (κ2) is 11.3. The molecule has 7 heteroatoms. The van der Waals surface area contributed by atoms with Crippen LogP contribution in [0.2, 0.25) is 0 Å². The highest BCUT2D eigenvalue weighted by atomic mass is 32.2. The Labute approximate surface area is 185 Å². The van der Waals surface area contributed by atoms with Gasteiger partial charge in [-0.05, 0) is 42.7 Å². The molecule has 31 heavy (non-hydrogen) atoms. The standard InChI is InChI=1S/C24H32N2O4S/c1-26(18-20-10-6-5-7-11-20)31(28,29)23-16-14-22(15-17-23)30-19-24(27)25-21-12-8-3-2-4-9-13-21/h5-7,10-11,14-17,21H,2-4,8-9,12-13,18-19H2,1H3,(H,25,27). The van der Waals surface area contributed by atoms with Crippen LogP contribution in [0.15, 0.2) is 59.5 Å². The molecule has 1 fully saturated rings. The fraction of sp³-hybridized carbons (Fsp3) is 0.458. The van der Waals surface area contributed by atoms with Gasteiger partial charge in [-0.25, -0.2) is 8.42 Å². The Bertz CT molecular complexity index is 922. The molecule has 0 radical (unpaired) electrons. The lowest BCUT2D eigenvalue weighted by Gasteiger charge is -2.21. The van der Waals surface area contributed by atoms with E-state index in [9.17, 15) is 13.2 Å². The van der Waals surface area contributed by atoms with Crippen LogP contribution in [0.1, 0.15) is 50.5 Å². The van der Waals surface area contributed by atoms with Gasteiger partial charge in [-0.2, -0.15) is 4.31 Å². The molecule has 0 atom stereocenters. The van der Waals surface area contributed by atoms with Gasteiger partial charge in [-0.1, -0.05) is 62.4 Å². The number of amides is 1. The first-order valence-electron chi connectivity index (χ1n) is 11.0. The van der Waals surface area contributed by atoms with Crippen molar-refractivity contribution in [3.8, 4) is 5.75 Å². The highest BCUT2D eigenvalue weighted by Crippen LogP contribution is 2.21. The van der Waals surface area contributed by atoms with Crippen LogP contribution in [0.25, 0.3) is 0 Å². The highest BCUT2D eigenvalue weighted by molar-refractivity contribution is 7.89. The third-order valence-electron chi connectivity index (χ3n) is 5.62. The van der Waals surface area contributed by atoms with E-state index in [-0.39, 0.29) is 23.5 Å². The Kier molecular flexibility index (Phi) is 8.49. The van der Waals surface area contributed by atoms with E-state index in [1.54, 1.807) is 19.2 Å². The molecule has 0 bridgehead atoms. The number of carbonyl (C=O) groups is 1. The number of carbonyl (C=O) groups excluding carboxylic acids is 1. The van der Waals surface area contributed by atoms with E-state index in [4.69, 9.17) is 4.74 Å². The van der Waals surface area contributed by atoms with Crippen LogP contribution in [0.4, 0.5) is 0 Å². The molecule has 1 amide bonds. The number of ether oxygens (including phenoxy) is 1. The number of hydrogen-bond donors (Lipinski definition) is 1. The van der Waals surface area contributed by atoms with E-state index < -0.39 is 10.0 Å². The van der Waals surface area contributed by atoms with E-state index in [1.807, 2.05) is 30.3 Å². The maximum atomic E-state index is 12.8. The van der Waals surface area contributed by atoms with Crippen LogP contribution in [0.3, 0.4) is 0 Å². The number of nitrogens with one attached hydrogen (secondary N) is 1. The first kappa shape index (κ1) is 23.3. The lowest BCUT2D eigenvalue weighted by atomic mass is 9.97. The maximum Gasteiger partial charge on any atom is 0.258 e. The average Bonchev–Trinajstić information content (AvgIpc) is 2.75. The fourth-order valence-electron chi connectivity index (χ4n) is 3.83. The molecule has 2 aromatic rings. The monoisotopic (exact) mass is 444 g/mol. The lowest BCUT2D eigenvalue weighted by Crippen LogP contribution is -2.38. The molecule has 0 unspecified atom stereocenters. The summed E-state index contributed by atoms with van der Waals surface area (Å²) in [4.78, 5) is 12.4. The Morgan fingerprint density at radius 1 is 0.968 bits per heavy atom. The summed E-state index contributed by atoms with van der Waals surface area (Å²) >= 11 is 0. The second-order valence-electron chi connectivity index (χ2n) is 8.12. The van der Waals surface area contributed by atoms with Crippen LogP contribution < -0.4 is 10.1 Å². The van der Waals surface area contributed by atoms with Crippen molar-refractivity contribution in [2.45, 2.75) is 62.4 Å². The molecule has 168 valence electrons. The highest BCUT2D eigenvalue weighted by Gasteiger charge is 2.21. The van der Waals surface area contributed by atoms with Crippen LogP contribution >= 0.6 is 0 Å². The van der Waals surface area contributed by atoms with Crippen molar-refractivity contribution in [1.29, 1.82) is 0 Å². The molecule has 1 aliphatic carbocycles. The summed E-state index contributed by atoms with van der Waals surface area (Å²) in [5, 5.41) is 3.06. The molecular weight excluding hydrogens is 412 g/mol. The summed E-state index contributed by atoms with van der Waals surface area (Å²) in [5.41, 5.74) is 0.920. The number of rotatable bonds is 8. The Hall–Kier alpha value is -2.38. The minimum Gasteiger partial charge on any atom is -0.484 e. The third kappa shape index (κ3) is 7.08. The van der Waals surface area contributed by atoms with Crippen molar-refractivity contribution in [2.75, 3.05) is 13.7 Å². The van der Waals surface area contributed by atoms with Crippen LogP contribution in [0.5, 0.6) is 5.75 Å². The molecule has 0 aromatic heterocycles. The van der Waals surface area contributed by atoms with Crippen molar-refractivity contribution >= 4 is 15.9 Å². The summed E-state index contributed by atoms with van der Waals surface area (Å²) in [6.07, 6.45) is 8.11. The van der Waals surface area contributed by atoms with Gasteiger partial charge in [-0.15, -0.1) is 0 Å². The van der Waals surface area contributed by atoms with E-state index in [0.29, 0.717) is 12.3 Å². The van der Waals surface area contributed by atoms with Gasteiger partial charge in [0.15, 0.2) is 6.61 Å². The molecule has 0 spiro atoms. The Morgan fingerprint density at radius 2 is 1.58 bits per heavy atom. The number of sulfonamides is 1. The van der Waals surface area contributed by atoms with Gasteiger partial charge in [0.25, 0.3) is 5.91 Å². The first-order chi connectivity index (χ1) is 14.9. The predicted octanol–water partition coefficient (Wildman–Crippen LogP) is 4.12. The zero-order chi connectivity index (χ0) is 22.1. The van der Waals surface area contributed by atoms with Gasteiger partial charge in [0, 0.05) is 19.6 Å². The molecule has 0 saturated heterocycles. The molecule has 6 nitrogen and oxygen atoms in total. The molecule has 2 aromatic carbocycles. The molecule has 3 rings (SSSR count). The van der Waals surface area contributed by atoms with Crippen molar-refractivity contribution in [3.05, 3.63) is 60.2 Å². The van der Waals surface area contributed by atoms with Crippen LogP contribution in [-0.2, 0) is 21.4 Å². The molecule has 0 heterocycles. The van der Waals surface area contributed by atoms with Crippen LogP contribution in [-0.4, -0.2) is 38.3 Å². The molecule has 1 N–H and O–H groups in total. The van der Waals surface area contributed by atoms with Gasteiger partial charge < -0.3 is 10.1 Å². The SMILES string of the molecule is CN(Cc1ccccc1)S(=O)(=O)c1ccc(OCC(=O)NC2CCCCCCC2)cc1. The largest absolute Gasteiger partial charge is 0.484 e. The molecular formula is C24H32N2O4S. The summed E-state index contributed by atoms with van der Waals surface area (Å²) in [6.45, 7) is 0.221. The van der Waals surface area contributed by atoms with Gasteiger partial charge in [0.1, 0.15) is 5.75 Å². The molecule has 0 aliphatic heterocycles. The van der Waals surface area contributed by atoms with Gasteiger partial charge >= 0.3 is 0 Å². The Balaban J connectivity index is 1.51. The van der Waals surface area contributed by atoms with Gasteiger partial charge in [0.2, 0.25) is 10.0 Å². The maximum absolute atomic E-state index is 12.8. The molecule has 1 saturated carbocycles. The quantitative estimate of drug-likeness (QED) is 0.665. The van der Waals surface area contributed by atoms with E-state index in [1.165, 1.54) is 35.7 Å². The van der Waals surface area contributed by atoms with Crippen LogP contribution in [0, 0.1) is 0 Å². The first-order valence-corrected chi connectivity index (χ1v) is 12.4. The third-order valence-corrected chi connectivity index (χ3v) is 7.44. The Morgan fingerprint density at radius 3 is 2.23 bits per heavy atom. The minimum absolute atomic E-state index is 0.0729. The van der Waals surface area contributed by atoms with E-state index >= 15 is 0 Å². The minimum atomic E-state index is -3.61.